The van der Waals surface area contributed by atoms with Crippen LogP contribution in [-0.4, -0.2) is 21.4 Å². The molecule has 2 N–H and O–H groups in total. The quantitative estimate of drug-likeness (QED) is 0.405. The lowest BCUT2D eigenvalue weighted by atomic mass is 9.57. The Hall–Kier alpha value is -0.340. The Labute approximate surface area is 199 Å². The van der Waals surface area contributed by atoms with Crippen LogP contribution in [0.3, 0.4) is 0 Å². The number of hydrogen-bond donors (Lipinski definition) is 2. The molecule has 0 spiro atoms. The van der Waals surface area contributed by atoms with Crippen LogP contribution in [0, 0.1) is 34.5 Å². The molecule has 2 fully saturated rings. The van der Waals surface area contributed by atoms with Gasteiger partial charge in [-0.2, -0.15) is 0 Å². The molecular formula is C30H54O2. The fourth-order valence-corrected chi connectivity index (χ4v) is 8.11. The van der Waals surface area contributed by atoms with Gasteiger partial charge in [-0.15, -0.1) is 0 Å². The van der Waals surface area contributed by atoms with Crippen molar-refractivity contribution in [3.8, 4) is 0 Å². The molecule has 3 aliphatic rings. The molecule has 0 aromatic carbocycles. The first kappa shape index (κ1) is 26.3. The van der Waals surface area contributed by atoms with Crippen molar-refractivity contribution in [2.75, 3.05) is 0 Å². The van der Waals surface area contributed by atoms with Gasteiger partial charge in [-0.25, -0.2) is 0 Å². The van der Waals surface area contributed by atoms with Crippen LogP contribution in [0.1, 0.15) is 132 Å². The summed E-state index contributed by atoms with van der Waals surface area (Å²) in [6.07, 6.45) is 17.4. The van der Waals surface area contributed by atoms with Crippen LogP contribution < -0.4 is 0 Å². The third kappa shape index (κ3) is 5.48. The summed E-state index contributed by atoms with van der Waals surface area (Å²) >= 11 is 0. The summed E-state index contributed by atoms with van der Waals surface area (Å²) in [5.74, 6) is 2.98. The predicted molar refractivity (Wildman–Crippen MR) is 137 cm³/mol. The van der Waals surface area contributed by atoms with E-state index in [4.69, 9.17) is 0 Å². The van der Waals surface area contributed by atoms with Crippen LogP contribution >= 0.6 is 0 Å². The average Bonchev–Trinajstić information content (AvgIpc) is 3.03. The highest BCUT2D eigenvalue weighted by Crippen LogP contribution is 2.59. The zero-order valence-corrected chi connectivity index (χ0v) is 22.5. The van der Waals surface area contributed by atoms with Crippen LogP contribution in [0.5, 0.6) is 0 Å². The maximum atomic E-state index is 10.8. The maximum absolute atomic E-state index is 10.8. The molecule has 2 nitrogen and oxygen atoms in total. The van der Waals surface area contributed by atoms with Crippen molar-refractivity contribution in [3.63, 3.8) is 0 Å². The van der Waals surface area contributed by atoms with Gasteiger partial charge in [0.2, 0.25) is 0 Å². The third-order valence-corrected chi connectivity index (χ3v) is 10.8. The minimum atomic E-state index is -0.517. The van der Waals surface area contributed by atoms with Gasteiger partial charge in [0.05, 0.1) is 11.2 Å². The fraction of sp³-hybridized carbons (Fsp3) is 0.933. The Morgan fingerprint density at radius 1 is 1.06 bits per heavy atom. The summed E-state index contributed by atoms with van der Waals surface area (Å²) in [6, 6.07) is 0. The van der Waals surface area contributed by atoms with Gasteiger partial charge in [-0.05, 0) is 125 Å². The first-order valence-electron chi connectivity index (χ1n) is 14.0. The standard InChI is InChI=1S/C30H54O2/c1-8-16-27(4,31)17-14-22(2)26-13-12-24-10-9-11-25-21-28(5,32)19-20-29(25,6)23(3)15-18-30(24,26)7/h11,22-24,26,31-32H,8-10,12-21H2,1-7H3/b25-11-/t22-,23-,24-,26-,27?,28+,29-,30+/m1/s1. The van der Waals surface area contributed by atoms with Crippen LogP contribution in [0.2, 0.25) is 0 Å². The molecule has 3 rings (SSSR count). The molecule has 32 heavy (non-hydrogen) atoms. The Morgan fingerprint density at radius 2 is 1.78 bits per heavy atom. The van der Waals surface area contributed by atoms with Gasteiger partial charge in [0.1, 0.15) is 0 Å². The van der Waals surface area contributed by atoms with Gasteiger partial charge in [-0.3, -0.25) is 0 Å². The van der Waals surface area contributed by atoms with E-state index in [9.17, 15) is 10.2 Å². The molecule has 0 radical (unpaired) electrons. The Balaban J connectivity index is 1.75. The number of allylic oxidation sites excluding steroid dienone is 1. The van der Waals surface area contributed by atoms with Gasteiger partial charge in [0.25, 0.3) is 0 Å². The number of aliphatic hydroxyl groups is 2. The van der Waals surface area contributed by atoms with Crippen molar-refractivity contribution in [3.05, 3.63) is 11.6 Å². The molecule has 0 amide bonds. The maximum Gasteiger partial charge on any atom is 0.0657 e. The van der Waals surface area contributed by atoms with Crippen molar-refractivity contribution in [2.24, 2.45) is 34.5 Å². The van der Waals surface area contributed by atoms with Crippen LogP contribution in [0.4, 0.5) is 0 Å². The highest BCUT2D eigenvalue weighted by atomic mass is 16.3. The summed E-state index contributed by atoms with van der Waals surface area (Å²) in [6.45, 7) is 16.3. The van der Waals surface area contributed by atoms with Crippen LogP contribution in [0.25, 0.3) is 0 Å². The minimum absolute atomic E-state index is 0.254. The Kier molecular flexibility index (Phi) is 7.98. The second-order valence-corrected chi connectivity index (χ2v) is 13.5. The monoisotopic (exact) mass is 446 g/mol. The summed E-state index contributed by atoms with van der Waals surface area (Å²) in [5.41, 5.74) is 1.23. The van der Waals surface area contributed by atoms with E-state index in [0.717, 1.165) is 56.8 Å². The molecule has 0 aliphatic heterocycles. The lowest BCUT2D eigenvalue weighted by molar-refractivity contribution is -0.00402. The second kappa shape index (κ2) is 9.73. The average molecular weight is 447 g/mol. The molecular weight excluding hydrogens is 392 g/mol. The zero-order chi connectivity index (χ0) is 23.8. The largest absolute Gasteiger partial charge is 0.390 e. The van der Waals surface area contributed by atoms with E-state index in [0.29, 0.717) is 17.3 Å². The van der Waals surface area contributed by atoms with Gasteiger partial charge < -0.3 is 10.2 Å². The van der Waals surface area contributed by atoms with Crippen LogP contribution in [-0.2, 0) is 0 Å². The van der Waals surface area contributed by atoms with Crippen molar-refractivity contribution >= 4 is 0 Å². The lowest BCUT2D eigenvalue weighted by Crippen LogP contribution is -2.42. The van der Waals surface area contributed by atoms with E-state index in [2.05, 4.69) is 40.7 Å². The van der Waals surface area contributed by atoms with Gasteiger partial charge >= 0.3 is 0 Å². The van der Waals surface area contributed by atoms with Crippen molar-refractivity contribution in [1.82, 2.24) is 0 Å². The molecule has 8 atom stereocenters. The lowest BCUT2D eigenvalue weighted by Gasteiger charge is -2.49. The summed E-state index contributed by atoms with van der Waals surface area (Å²) in [7, 11) is 0. The molecule has 3 aliphatic carbocycles. The molecule has 0 saturated heterocycles. The van der Waals surface area contributed by atoms with E-state index in [1.807, 2.05) is 13.8 Å². The Bertz CT molecular complexity index is 662. The van der Waals surface area contributed by atoms with E-state index in [1.54, 1.807) is 5.57 Å². The first-order chi connectivity index (χ1) is 14.8. The zero-order valence-electron chi connectivity index (χ0n) is 22.5. The molecule has 1 unspecified atom stereocenters. The molecule has 186 valence electrons. The number of fused-ring (bicyclic) bond motifs is 2. The van der Waals surface area contributed by atoms with Crippen molar-refractivity contribution in [2.45, 2.75) is 143 Å². The molecule has 0 bridgehead atoms. The SMILES string of the molecule is CCCC(C)(O)CC[C@@H](C)[C@H]1CC[C@H]2CC/C=C3/C[C@@](C)(O)CC[C@]3(C)[C@H](C)CC[C@@]21C. The van der Waals surface area contributed by atoms with Gasteiger partial charge in [0, 0.05) is 0 Å². The molecule has 0 aromatic heterocycles. The van der Waals surface area contributed by atoms with Crippen molar-refractivity contribution < 1.29 is 10.2 Å². The van der Waals surface area contributed by atoms with Gasteiger partial charge in [0.15, 0.2) is 0 Å². The second-order valence-electron chi connectivity index (χ2n) is 13.5. The predicted octanol–water partition coefficient (Wildman–Crippen LogP) is 8.06. The highest BCUT2D eigenvalue weighted by molar-refractivity contribution is 5.21. The van der Waals surface area contributed by atoms with E-state index in [-0.39, 0.29) is 5.41 Å². The molecule has 2 saturated carbocycles. The van der Waals surface area contributed by atoms with Crippen molar-refractivity contribution in [1.29, 1.82) is 0 Å². The van der Waals surface area contributed by atoms with Crippen LogP contribution in [0.15, 0.2) is 11.6 Å². The van der Waals surface area contributed by atoms with E-state index < -0.39 is 11.2 Å². The summed E-state index contributed by atoms with van der Waals surface area (Å²) in [5, 5.41) is 21.5. The van der Waals surface area contributed by atoms with E-state index >= 15 is 0 Å². The Morgan fingerprint density at radius 3 is 2.47 bits per heavy atom. The molecule has 2 heteroatoms. The molecule has 0 aromatic rings. The molecule has 0 heterocycles. The number of rotatable bonds is 6. The highest BCUT2D eigenvalue weighted by Gasteiger charge is 2.50. The summed E-state index contributed by atoms with van der Waals surface area (Å²) < 4.78 is 0. The van der Waals surface area contributed by atoms with E-state index in [1.165, 1.54) is 38.5 Å². The fourth-order valence-electron chi connectivity index (χ4n) is 8.11. The smallest absolute Gasteiger partial charge is 0.0657 e. The topological polar surface area (TPSA) is 40.5 Å². The number of hydrogen-bond acceptors (Lipinski definition) is 2. The first-order valence-corrected chi connectivity index (χ1v) is 14.0. The minimum Gasteiger partial charge on any atom is -0.390 e. The normalized spacial score (nSPS) is 45.2. The summed E-state index contributed by atoms with van der Waals surface area (Å²) in [4.78, 5) is 0. The van der Waals surface area contributed by atoms with Gasteiger partial charge in [-0.1, -0.05) is 52.7 Å². The third-order valence-electron chi connectivity index (χ3n) is 10.8.